The van der Waals surface area contributed by atoms with E-state index in [-0.39, 0.29) is 0 Å². The Morgan fingerprint density at radius 1 is 1.31 bits per heavy atom. The first kappa shape index (κ1) is 10.9. The highest BCUT2D eigenvalue weighted by Gasteiger charge is 2.11. The van der Waals surface area contributed by atoms with E-state index in [9.17, 15) is 0 Å². The molecule has 0 amide bonds. The molecule has 0 fully saturated rings. The van der Waals surface area contributed by atoms with Crippen LogP contribution in [0.5, 0.6) is 0 Å². The molecule has 3 nitrogen and oxygen atoms in total. The number of hydrogen-bond donors (Lipinski definition) is 1. The second kappa shape index (κ2) is 4.49. The third-order valence-corrected chi connectivity index (χ3v) is 2.84. The monoisotopic (exact) mass is 215 g/mol. The summed E-state index contributed by atoms with van der Waals surface area (Å²) in [5, 5.41) is 4.51. The molecular weight excluding hydrogens is 198 g/mol. The van der Waals surface area contributed by atoms with Gasteiger partial charge in [0.1, 0.15) is 0 Å². The van der Waals surface area contributed by atoms with Gasteiger partial charge in [0.05, 0.1) is 5.69 Å². The zero-order valence-electron chi connectivity index (χ0n) is 9.72. The Morgan fingerprint density at radius 3 is 2.62 bits per heavy atom. The first-order chi connectivity index (χ1) is 7.72. The lowest BCUT2D eigenvalue weighted by Crippen LogP contribution is -2.12. The van der Waals surface area contributed by atoms with Gasteiger partial charge in [-0.25, -0.2) is 0 Å². The Hall–Kier alpha value is -1.61. The van der Waals surface area contributed by atoms with Crippen molar-refractivity contribution in [2.45, 2.75) is 12.8 Å². The molecule has 0 aliphatic carbocycles. The molecule has 0 aliphatic rings. The molecule has 0 bridgehead atoms. The number of aromatic nitrogens is 2. The van der Waals surface area contributed by atoms with Gasteiger partial charge in [0.25, 0.3) is 0 Å². The van der Waals surface area contributed by atoms with Crippen LogP contribution in [-0.2, 0) is 7.05 Å². The lowest BCUT2D eigenvalue weighted by molar-refractivity contribution is 0.644. The number of nitrogens with two attached hydrogens (primary N) is 1. The van der Waals surface area contributed by atoms with E-state index in [0.717, 1.165) is 11.3 Å². The molecule has 0 saturated heterocycles. The average molecular weight is 215 g/mol. The van der Waals surface area contributed by atoms with Crippen LogP contribution in [0.3, 0.4) is 0 Å². The highest BCUT2D eigenvalue weighted by molar-refractivity contribution is 5.59. The molecule has 1 aromatic carbocycles. The van der Waals surface area contributed by atoms with Crippen molar-refractivity contribution in [1.29, 1.82) is 0 Å². The SMILES string of the molecule is CC(CN)c1cc(-c2ccccc2)nn1C. The third kappa shape index (κ3) is 1.99. The lowest BCUT2D eigenvalue weighted by Gasteiger charge is -2.07. The summed E-state index contributed by atoms with van der Waals surface area (Å²) in [4.78, 5) is 0. The highest BCUT2D eigenvalue weighted by atomic mass is 15.3. The van der Waals surface area contributed by atoms with Crippen LogP contribution in [0.4, 0.5) is 0 Å². The van der Waals surface area contributed by atoms with Gasteiger partial charge >= 0.3 is 0 Å². The molecular formula is C13H17N3. The van der Waals surface area contributed by atoms with E-state index < -0.39 is 0 Å². The van der Waals surface area contributed by atoms with Crippen LogP contribution < -0.4 is 5.73 Å². The summed E-state index contributed by atoms with van der Waals surface area (Å²) in [5.74, 6) is 0.343. The summed E-state index contributed by atoms with van der Waals surface area (Å²) in [5.41, 5.74) is 9.02. The minimum Gasteiger partial charge on any atom is -0.330 e. The second-order valence-corrected chi connectivity index (χ2v) is 4.08. The van der Waals surface area contributed by atoms with Gasteiger partial charge in [0.2, 0.25) is 0 Å². The normalized spacial score (nSPS) is 12.7. The first-order valence-electron chi connectivity index (χ1n) is 5.51. The van der Waals surface area contributed by atoms with Gasteiger partial charge in [-0.3, -0.25) is 4.68 Å². The van der Waals surface area contributed by atoms with Crippen LogP contribution >= 0.6 is 0 Å². The minimum absolute atomic E-state index is 0.343. The number of nitrogens with zero attached hydrogens (tertiary/aromatic N) is 2. The van der Waals surface area contributed by atoms with Crippen LogP contribution in [0, 0.1) is 0 Å². The Kier molecular flexibility index (Phi) is 3.06. The molecule has 2 N–H and O–H groups in total. The number of benzene rings is 1. The summed E-state index contributed by atoms with van der Waals surface area (Å²) >= 11 is 0. The Labute approximate surface area is 95.9 Å². The Morgan fingerprint density at radius 2 is 2.00 bits per heavy atom. The zero-order valence-corrected chi connectivity index (χ0v) is 9.72. The molecule has 2 rings (SSSR count). The lowest BCUT2D eigenvalue weighted by atomic mass is 10.1. The quantitative estimate of drug-likeness (QED) is 0.852. The van der Waals surface area contributed by atoms with Crippen molar-refractivity contribution >= 4 is 0 Å². The number of hydrogen-bond acceptors (Lipinski definition) is 2. The maximum absolute atomic E-state index is 5.68. The van der Waals surface area contributed by atoms with Crippen LogP contribution in [0.1, 0.15) is 18.5 Å². The first-order valence-corrected chi connectivity index (χ1v) is 5.51. The van der Waals surface area contributed by atoms with E-state index in [1.807, 2.05) is 29.9 Å². The molecule has 0 saturated carbocycles. The molecule has 3 heteroatoms. The van der Waals surface area contributed by atoms with Crippen molar-refractivity contribution in [2.24, 2.45) is 12.8 Å². The molecule has 84 valence electrons. The molecule has 0 spiro atoms. The zero-order chi connectivity index (χ0) is 11.5. The molecule has 0 radical (unpaired) electrons. The highest BCUT2D eigenvalue weighted by Crippen LogP contribution is 2.22. The molecule has 1 unspecified atom stereocenters. The molecule has 16 heavy (non-hydrogen) atoms. The van der Waals surface area contributed by atoms with E-state index in [1.54, 1.807) is 0 Å². The average Bonchev–Trinajstić information content (AvgIpc) is 2.71. The fraction of sp³-hybridized carbons (Fsp3) is 0.308. The van der Waals surface area contributed by atoms with Crippen LogP contribution in [0.25, 0.3) is 11.3 Å². The second-order valence-electron chi connectivity index (χ2n) is 4.08. The van der Waals surface area contributed by atoms with Gasteiger partial charge in [-0.2, -0.15) is 5.10 Å². The maximum Gasteiger partial charge on any atom is 0.0926 e. The third-order valence-electron chi connectivity index (χ3n) is 2.84. The number of rotatable bonds is 3. The molecule has 1 aromatic heterocycles. The van der Waals surface area contributed by atoms with E-state index in [4.69, 9.17) is 5.73 Å². The van der Waals surface area contributed by atoms with E-state index in [2.05, 4.69) is 30.2 Å². The van der Waals surface area contributed by atoms with Crippen LogP contribution in [0.2, 0.25) is 0 Å². The molecule has 0 aliphatic heterocycles. The van der Waals surface area contributed by atoms with Crippen molar-refractivity contribution in [3.05, 3.63) is 42.1 Å². The van der Waals surface area contributed by atoms with E-state index >= 15 is 0 Å². The van der Waals surface area contributed by atoms with Crippen molar-refractivity contribution < 1.29 is 0 Å². The molecule has 1 heterocycles. The largest absolute Gasteiger partial charge is 0.330 e. The van der Waals surface area contributed by atoms with Gasteiger partial charge in [-0.15, -0.1) is 0 Å². The van der Waals surface area contributed by atoms with Crippen molar-refractivity contribution in [3.8, 4) is 11.3 Å². The van der Waals surface area contributed by atoms with Crippen molar-refractivity contribution in [2.75, 3.05) is 6.54 Å². The van der Waals surface area contributed by atoms with Gasteiger partial charge < -0.3 is 5.73 Å². The fourth-order valence-corrected chi connectivity index (χ4v) is 1.81. The fourth-order valence-electron chi connectivity index (χ4n) is 1.81. The van der Waals surface area contributed by atoms with Crippen LogP contribution in [0.15, 0.2) is 36.4 Å². The van der Waals surface area contributed by atoms with Crippen molar-refractivity contribution in [3.63, 3.8) is 0 Å². The van der Waals surface area contributed by atoms with Gasteiger partial charge in [-0.05, 0) is 6.07 Å². The summed E-state index contributed by atoms with van der Waals surface area (Å²) in [6.07, 6.45) is 0. The van der Waals surface area contributed by atoms with Gasteiger partial charge in [0, 0.05) is 30.8 Å². The molecule has 1 atom stereocenters. The van der Waals surface area contributed by atoms with Crippen LogP contribution in [-0.4, -0.2) is 16.3 Å². The Balaban J connectivity index is 2.38. The van der Waals surface area contributed by atoms with E-state index in [1.165, 1.54) is 5.69 Å². The standard InChI is InChI=1S/C13H17N3/c1-10(9-14)13-8-12(15-16(13)2)11-6-4-3-5-7-11/h3-8,10H,9,14H2,1-2H3. The predicted octanol–water partition coefficient (Wildman–Crippen LogP) is 2.15. The summed E-state index contributed by atoms with van der Waals surface area (Å²) in [6.45, 7) is 2.76. The number of aryl methyl sites for hydroxylation is 1. The predicted molar refractivity (Wildman–Crippen MR) is 66.1 cm³/mol. The van der Waals surface area contributed by atoms with Gasteiger partial charge in [-0.1, -0.05) is 37.3 Å². The summed E-state index contributed by atoms with van der Waals surface area (Å²) in [6, 6.07) is 12.3. The maximum atomic E-state index is 5.68. The van der Waals surface area contributed by atoms with E-state index in [0.29, 0.717) is 12.5 Å². The minimum atomic E-state index is 0.343. The van der Waals surface area contributed by atoms with Crippen molar-refractivity contribution in [1.82, 2.24) is 9.78 Å². The summed E-state index contributed by atoms with van der Waals surface area (Å²) < 4.78 is 1.92. The molecule has 2 aromatic rings. The summed E-state index contributed by atoms with van der Waals surface area (Å²) in [7, 11) is 1.97. The Bertz CT molecular complexity index is 459. The van der Waals surface area contributed by atoms with Gasteiger partial charge in [0.15, 0.2) is 0 Å². The topological polar surface area (TPSA) is 43.8 Å². The smallest absolute Gasteiger partial charge is 0.0926 e.